The topological polar surface area (TPSA) is 49.7 Å². The first-order valence-corrected chi connectivity index (χ1v) is 3.75. The molecule has 0 saturated heterocycles. The third-order valence-electron chi connectivity index (χ3n) is 0.260. The number of rotatable bonds is 1. The summed E-state index contributed by atoms with van der Waals surface area (Å²) in [6.07, 6.45) is 0. The molecular weight excluding hydrogens is 123 g/mol. The molecule has 0 radical (unpaired) electrons. The van der Waals surface area contributed by atoms with Gasteiger partial charge in [0.15, 0.2) is 0 Å². The van der Waals surface area contributed by atoms with Gasteiger partial charge in [0.05, 0.1) is 0 Å². The molecule has 0 atom stereocenters. The molecule has 0 bridgehead atoms. The highest BCUT2D eigenvalue weighted by molar-refractivity contribution is 6.53. The van der Waals surface area contributed by atoms with Crippen LogP contribution in [0.25, 0.3) is 0 Å². The highest BCUT2D eigenvalue weighted by Crippen LogP contribution is 1.89. The van der Waals surface area contributed by atoms with Gasteiger partial charge in [0, 0.05) is 0 Å². The van der Waals surface area contributed by atoms with E-state index in [0.717, 1.165) is 0 Å². The van der Waals surface area contributed by atoms with E-state index >= 15 is 0 Å². The van der Waals surface area contributed by atoms with Gasteiger partial charge in [-0.25, -0.2) is 4.11 Å². The molecule has 38 valence electrons. The molecule has 0 aromatic rings. The standard InChI is InChI=1S/FH5O3Si2/c1-6(2,3)4-5/h2-3H,5H3. The molecule has 0 amide bonds. The molecule has 0 spiro atoms. The average molecular weight is 128 g/mol. The maximum atomic E-state index is 11.2. The second kappa shape index (κ2) is 1.80. The van der Waals surface area contributed by atoms with E-state index < -0.39 is 9.14 Å². The lowest BCUT2D eigenvalue weighted by Gasteiger charge is -1.99. The lowest BCUT2D eigenvalue weighted by molar-refractivity contribution is 0.184. The van der Waals surface area contributed by atoms with Crippen molar-refractivity contribution in [2.24, 2.45) is 0 Å². The first-order valence-electron chi connectivity index (χ1n) is 1.25. The van der Waals surface area contributed by atoms with E-state index in [1.54, 1.807) is 0 Å². The van der Waals surface area contributed by atoms with Crippen molar-refractivity contribution in [1.82, 2.24) is 0 Å². The number of hydrogen-bond donors (Lipinski definition) is 2. The molecule has 0 unspecified atom stereocenters. The summed E-state index contributed by atoms with van der Waals surface area (Å²) in [4.78, 5) is 15.3. The van der Waals surface area contributed by atoms with Crippen molar-refractivity contribution in [3.63, 3.8) is 0 Å². The summed E-state index contributed by atoms with van der Waals surface area (Å²) in [5, 5.41) is 0. The van der Waals surface area contributed by atoms with Gasteiger partial charge in [-0.15, -0.1) is 0 Å². The zero-order valence-electron chi connectivity index (χ0n) is 3.18. The molecule has 0 aromatic carbocycles. The van der Waals surface area contributed by atoms with Crippen LogP contribution in [0.15, 0.2) is 0 Å². The Morgan fingerprint density at radius 2 is 1.83 bits per heavy atom. The van der Waals surface area contributed by atoms with Crippen LogP contribution in [0.3, 0.4) is 0 Å². The fourth-order valence-corrected chi connectivity index (χ4v) is 0. The molecule has 3 nitrogen and oxygen atoms in total. The van der Waals surface area contributed by atoms with E-state index in [-0.39, 0.29) is 10.5 Å². The minimum absolute atomic E-state index is 0.0347. The fourth-order valence-electron chi connectivity index (χ4n) is 0. The Morgan fingerprint density at radius 1 is 1.67 bits per heavy atom. The largest absolute Gasteiger partial charge is 0.703 e. The van der Waals surface area contributed by atoms with Crippen molar-refractivity contribution in [3.8, 4) is 0 Å². The lowest BCUT2D eigenvalue weighted by atomic mass is 15.7. The fraction of sp³-hybridized carbons (Fsp3) is 0. The highest BCUT2D eigenvalue weighted by Gasteiger charge is 2.30. The summed E-state index contributed by atoms with van der Waals surface area (Å²) in [7, 11) is -4.53. The van der Waals surface area contributed by atoms with Crippen molar-refractivity contribution in [2.45, 2.75) is 0 Å². The van der Waals surface area contributed by atoms with Crippen molar-refractivity contribution in [3.05, 3.63) is 0 Å². The molecule has 0 aromatic heterocycles. The van der Waals surface area contributed by atoms with Crippen LogP contribution < -0.4 is 0 Å². The SMILES string of the molecule is O[Si](O)(F)O[SiH3]. The lowest BCUT2D eigenvalue weighted by Crippen LogP contribution is -2.31. The molecule has 0 heterocycles. The van der Waals surface area contributed by atoms with Crippen LogP contribution in [0.4, 0.5) is 4.11 Å². The molecule has 6 heteroatoms. The molecule has 6 heavy (non-hydrogen) atoms. The molecule has 0 aliphatic rings. The van der Waals surface area contributed by atoms with Crippen LogP contribution in [0.5, 0.6) is 0 Å². The van der Waals surface area contributed by atoms with Gasteiger partial charge in [0.1, 0.15) is 10.5 Å². The van der Waals surface area contributed by atoms with E-state index in [1.807, 2.05) is 0 Å². The minimum atomic E-state index is -4.57. The zero-order chi connectivity index (χ0) is 5.21. The Kier molecular flexibility index (Phi) is 1.87. The van der Waals surface area contributed by atoms with Crippen molar-refractivity contribution < 1.29 is 17.8 Å². The van der Waals surface area contributed by atoms with Crippen molar-refractivity contribution >= 4 is 19.6 Å². The summed E-state index contributed by atoms with van der Waals surface area (Å²) in [6, 6.07) is 0. The van der Waals surface area contributed by atoms with Crippen LogP contribution >= 0.6 is 0 Å². The van der Waals surface area contributed by atoms with E-state index in [0.29, 0.717) is 0 Å². The van der Waals surface area contributed by atoms with Crippen LogP contribution in [0, 0.1) is 0 Å². The summed E-state index contributed by atoms with van der Waals surface area (Å²) < 4.78 is 14.8. The summed E-state index contributed by atoms with van der Waals surface area (Å²) >= 11 is 0. The molecule has 0 aliphatic heterocycles. The highest BCUT2D eigenvalue weighted by atomic mass is 28.5. The van der Waals surface area contributed by atoms with E-state index in [2.05, 4.69) is 4.12 Å². The Bertz CT molecular complexity index is 38.5. The summed E-state index contributed by atoms with van der Waals surface area (Å²) in [6.45, 7) is 0. The Hall–Kier alpha value is 0.244. The van der Waals surface area contributed by atoms with Gasteiger partial charge in [-0.3, -0.25) is 0 Å². The van der Waals surface area contributed by atoms with Crippen molar-refractivity contribution in [2.75, 3.05) is 0 Å². The molecule has 0 fully saturated rings. The van der Waals surface area contributed by atoms with Gasteiger partial charge in [-0.05, 0) is 0 Å². The molecule has 0 rings (SSSR count). The Labute approximate surface area is 38.5 Å². The third kappa shape index (κ3) is 4.24. The first kappa shape index (κ1) is 6.24. The van der Waals surface area contributed by atoms with Gasteiger partial charge in [-0.2, -0.15) is 0 Å². The number of hydrogen-bond acceptors (Lipinski definition) is 3. The van der Waals surface area contributed by atoms with Crippen LogP contribution in [-0.2, 0) is 4.12 Å². The smallest absolute Gasteiger partial charge is 0.400 e. The van der Waals surface area contributed by atoms with E-state index in [4.69, 9.17) is 9.59 Å². The molecule has 2 N–H and O–H groups in total. The molecule has 0 aliphatic carbocycles. The summed E-state index contributed by atoms with van der Waals surface area (Å²) in [5.41, 5.74) is 0. The van der Waals surface area contributed by atoms with Gasteiger partial charge >= 0.3 is 9.14 Å². The average Bonchev–Trinajstić information content (AvgIpc) is 1.35. The van der Waals surface area contributed by atoms with Gasteiger partial charge in [0.2, 0.25) is 0 Å². The monoisotopic (exact) mass is 128 g/mol. The second-order valence-electron chi connectivity index (χ2n) is 0.733. The predicted octanol–water partition coefficient (Wildman–Crippen LogP) is -2.33. The van der Waals surface area contributed by atoms with Gasteiger partial charge < -0.3 is 13.7 Å². The number of halogens is 1. The molecular formula is H5FO3Si2. The quantitative estimate of drug-likeness (QED) is 0.308. The van der Waals surface area contributed by atoms with E-state index in [9.17, 15) is 4.11 Å². The minimum Gasteiger partial charge on any atom is -0.400 e. The normalized spacial score (nSPS) is 12.5. The van der Waals surface area contributed by atoms with Crippen molar-refractivity contribution in [1.29, 1.82) is 0 Å². The Morgan fingerprint density at radius 3 is 1.83 bits per heavy atom. The van der Waals surface area contributed by atoms with Gasteiger partial charge in [-0.1, -0.05) is 0 Å². The maximum absolute atomic E-state index is 11.2. The summed E-state index contributed by atoms with van der Waals surface area (Å²) in [5.74, 6) is 0. The zero-order valence-corrected chi connectivity index (χ0v) is 6.18. The van der Waals surface area contributed by atoms with Crippen LogP contribution in [0.2, 0.25) is 0 Å². The Balaban J connectivity index is 3.17. The molecule has 0 saturated carbocycles. The van der Waals surface area contributed by atoms with E-state index in [1.165, 1.54) is 0 Å². The maximum Gasteiger partial charge on any atom is 0.703 e. The third-order valence-corrected chi connectivity index (χ3v) is 2.34. The first-order chi connectivity index (χ1) is 2.56. The van der Waals surface area contributed by atoms with Crippen LogP contribution in [-0.4, -0.2) is 29.2 Å². The second-order valence-corrected chi connectivity index (χ2v) is 3.42. The predicted molar refractivity (Wildman–Crippen MR) is 22.3 cm³/mol. The van der Waals surface area contributed by atoms with Crippen LogP contribution in [0.1, 0.15) is 0 Å². The van der Waals surface area contributed by atoms with Gasteiger partial charge in [0.25, 0.3) is 0 Å².